The molecule has 24 heavy (non-hydrogen) atoms. The molecule has 3 aromatic rings. The van der Waals surface area contributed by atoms with Crippen LogP contribution in [0.5, 0.6) is 0 Å². The summed E-state index contributed by atoms with van der Waals surface area (Å²) < 4.78 is 0. The average Bonchev–Trinajstić information content (AvgIpc) is 2.58. The molecule has 0 heteroatoms. The molecule has 122 valence electrons. The lowest BCUT2D eigenvalue weighted by Crippen LogP contribution is -2.11. The van der Waals surface area contributed by atoms with Crippen molar-refractivity contribution in [3.8, 4) is 0 Å². The Morgan fingerprint density at radius 2 is 1.17 bits per heavy atom. The van der Waals surface area contributed by atoms with E-state index < -0.39 is 0 Å². The molecule has 0 aliphatic rings. The maximum absolute atomic E-state index is 2.30. The zero-order valence-corrected chi connectivity index (χ0v) is 15.1. The van der Waals surface area contributed by atoms with Crippen LogP contribution < -0.4 is 0 Å². The van der Waals surface area contributed by atoms with Gasteiger partial charge in [0.15, 0.2) is 0 Å². The van der Waals surface area contributed by atoms with Crippen molar-refractivity contribution in [2.24, 2.45) is 0 Å². The van der Waals surface area contributed by atoms with Gasteiger partial charge in [0.1, 0.15) is 0 Å². The lowest BCUT2D eigenvalue weighted by atomic mass is 9.81. The second-order valence-corrected chi connectivity index (χ2v) is 7.57. The summed E-state index contributed by atoms with van der Waals surface area (Å²) in [5.74, 6) is 0.279. The second kappa shape index (κ2) is 6.65. The van der Waals surface area contributed by atoms with Gasteiger partial charge in [0, 0.05) is 5.92 Å². The van der Waals surface area contributed by atoms with E-state index in [-0.39, 0.29) is 11.3 Å². The molecule has 0 saturated carbocycles. The van der Waals surface area contributed by atoms with Gasteiger partial charge >= 0.3 is 0 Å². The number of benzene rings is 3. The van der Waals surface area contributed by atoms with Gasteiger partial charge in [0.05, 0.1) is 0 Å². The highest BCUT2D eigenvalue weighted by atomic mass is 14.2. The summed E-state index contributed by atoms with van der Waals surface area (Å²) in [6.45, 7) is 8.99. The fraction of sp³-hybridized carbons (Fsp3) is 0.250. The minimum Gasteiger partial charge on any atom is -0.0622 e. The van der Waals surface area contributed by atoms with Crippen molar-refractivity contribution in [2.45, 2.75) is 39.0 Å². The lowest BCUT2D eigenvalue weighted by molar-refractivity contribution is 0.590. The summed E-state index contributed by atoms with van der Waals surface area (Å²) in [7, 11) is 0. The molecule has 0 radical (unpaired) electrons. The van der Waals surface area contributed by atoms with Crippen LogP contribution in [0.1, 0.15) is 54.5 Å². The van der Waals surface area contributed by atoms with Gasteiger partial charge in [-0.1, -0.05) is 99.6 Å². The van der Waals surface area contributed by atoms with Gasteiger partial charge in [-0.25, -0.2) is 0 Å². The Hall–Kier alpha value is -2.34. The van der Waals surface area contributed by atoms with Crippen LogP contribution in [0.4, 0.5) is 0 Å². The summed E-state index contributed by atoms with van der Waals surface area (Å²) in [5.41, 5.74) is 6.98. The van der Waals surface area contributed by atoms with Crippen LogP contribution in [0, 0.1) is 6.92 Å². The lowest BCUT2D eigenvalue weighted by Gasteiger charge is -2.23. The van der Waals surface area contributed by atoms with E-state index in [9.17, 15) is 0 Å². The predicted octanol–water partition coefficient (Wildman–Crippen LogP) is 6.47. The normalized spacial score (nSPS) is 12.8. The van der Waals surface area contributed by atoms with Gasteiger partial charge in [-0.3, -0.25) is 0 Å². The Morgan fingerprint density at radius 3 is 1.75 bits per heavy atom. The third-order valence-electron chi connectivity index (χ3n) is 4.74. The SMILES string of the molecule is Cc1ccccc1C(c1ccccc1)c1ccc(C(C)(C)C)cc1. The fourth-order valence-corrected chi connectivity index (χ4v) is 3.28. The first-order chi connectivity index (χ1) is 11.5. The van der Waals surface area contributed by atoms with Gasteiger partial charge in [-0.2, -0.15) is 0 Å². The molecule has 0 bridgehead atoms. The van der Waals surface area contributed by atoms with E-state index in [1.807, 2.05) is 0 Å². The fourth-order valence-electron chi connectivity index (χ4n) is 3.28. The minimum atomic E-state index is 0.184. The zero-order chi connectivity index (χ0) is 17.2. The van der Waals surface area contributed by atoms with Crippen molar-refractivity contribution in [2.75, 3.05) is 0 Å². The van der Waals surface area contributed by atoms with Crippen molar-refractivity contribution in [3.05, 3.63) is 107 Å². The Bertz CT molecular complexity index is 789. The molecule has 0 aliphatic heterocycles. The standard InChI is InChI=1S/C24H26/c1-18-10-8-9-13-22(18)23(19-11-6-5-7-12-19)20-14-16-21(17-15-20)24(2,3)4/h5-17,23H,1-4H3. The Morgan fingerprint density at radius 1 is 0.625 bits per heavy atom. The molecule has 0 nitrogen and oxygen atoms in total. The van der Waals surface area contributed by atoms with Gasteiger partial charge in [0.25, 0.3) is 0 Å². The second-order valence-electron chi connectivity index (χ2n) is 7.57. The Kier molecular flexibility index (Phi) is 4.57. The molecule has 0 spiro atoms. The summed E-state index contributed by atoms with van der Waals surface area (Å²) in [6, 6.07) is 28.7. The first kappa shape index (κ1) is 16.5. The topological polar surface area (TPSA) is 0 Å². The van der Waals surface area contributed by atoms with Gasteiger partial charge in [-0.15, -0.1) is 0 Å². The number of hydrogen-bond acceptors (Lipinski definition) is 0. The van der Waals surface area contributed by atoms with Gasteiger partial charge in [0.2, 0.25) is 0 Å². The molecule has 0 aromatic heterocycles. The van der Waals surface area contributed by atoms with Crippen LogP contribution >= 0.6 is 0 Å². The van der Waals surface area contributed by atoms with Crippen LogP contribution in [0.2, 0.25) is 0 Å². The Balaban J connectivity index is 2.11. The van der Waals surface area contributed by atoms with E-state index in [2.05, 4.69) is 107 Å². The monoisotopic (exact) mass is 314 g/mol. The average molecular weight is 314 g/mol. The minimum absolute atomic E-state index is 0.184. The van der Waals surface area contributed by atoms with Crippen LogP contribution in [0.3, 0.4) is 0 Å². The highest BCUT2D eigenvalue weighted by molar-refractivity contribution is 5.46. The molecule has 3 aromatic carbocycles. The number of rotatable bonds is 3. The first-order valence-electron chi connectivity index (χ1n) is 8.68. The van der Waals surface area contributed by atoms with Crippen LogP contribution in [-0.2, 0) is 5.41 Å². The molecule has 0 aliphatic carbocycles. The summed E-state index contributed by atoms with van der Waals surface area (Å²) in [5, 5.41) is 0. The molecule has 1 unspecified atom stereocenters. The third-order valence-corrected chi connectivity index (χ3v) is 4.74. The van der Waals surface area contributed by atoms with Crippen LogP contribution in [0.15, 0.2) is 78.9 Å². The molecule has 0 saturated heterocycles. The molecule has 3 rings (SSSR count). The molecular weight excluding hydrogens is 288 g/mol. The van der Waals surface area contributed by atoms with E-state index in [1.54, 1.807) is 0 Å². The summed E-state index contributed by atoms with van der Waals surface area (Å²) in [4.78, 5) is 0. The zero-order valence-electron chi connectivity index (χ0n) is 15.1. The third kappa shape index (κ3) is 3.43. The quantitative estimate of drug-likeness (QED) is 0.486. The number of aryl methyl sites for hydroxylation is 1. The van der Waals surface area contributed by atoms with Gasteiger partial charge in [-0.05, 0) is 40.2 Å². The largest absolute Gasteiger partial charge is 0.0622 e. The summed E-state index contributed by atoms with van der Waals surface area (Å²) >= 11 is 0. The predicted molar refractivity (Wildman–Crippen MR) is 104 cm³/mol. The summed E-state index contributed by atoms with van der Waals surface area (Å²) in [6.07, 6.45) is 0. The molecule has 0 amide bonds. The maximum Gasteiger partial charge on any atom is 0.0342 e. The van der Waals surface area contributed by atoms with Crippen molar-refractivity contribution in [1.29, 1.82) is 0 Å². The molecule has 1 atom stereocenters. The van der Waals surface area contributed by atoms with Crippen molar-refractivity contribution in [1.82, 2.24) is 0 Å². The van der Waals surface area contributed by atoms with Gasteiger partial charge < -0.3 is 0 Å². The van der Waals surface area contributed by atoms with E-state index >= 15 is 0 Å². The Labute approximate surface area is 146 Å². The number of hydrogen-bond donors (Lipinski definition) is 0. The van der Waals surface area contributed by atoms with Crippen LogP contribution in [0.25, 0.3) is 0 Å². The smallest absolute Gasteiger partial charge is 0.0342 e. The van der Waals surface area contributed by atoms with Crippen molar-refractivity contribution < 1.29 is 0 Å². The first-order valence-corrected chi connectivity index (χ1v) is 8.68. The van der Waals surface area contributed by atoms with E-state index in [0.29, 0.717) is 0 Å². The van der Waals surface area contributed by atoms with Crippen molar-refractivity contribution in [3.63, 3.8) is 0 Å². The van der Waals surface area contributed by atoms with E-state index in [4.69, 9.17) is 0 Å². The molecule has 0 heterocycles. The van der Waals surface area contributed by atoms with Crippen LogP contribution in [-0.4, -0.2) is 0 Å². The molecule has 0 N–H and O–H groups in total. The molecular formula is C24H26. The highest BCUT2D eigenvalue weighted by Crippen LogP contribution is 2.34. The highest BCUT2D eigenvalue weighted by Gasteiger charge is 2.19. The van der Waals surface area contributed by atoms with E-state index in [1.165, 1.54) is 27.8 Å². The van der Waals surface area contributed by atoms with Crippen molar-refractivity contribution >= 4 is 0 Å². The van der Waals surface area contributed by atoms with E-state index in [0.717, 1.165) is 0 Å². The molecule has 0 fully saturated rings. The maximum atomic E-state index is 2.30.